The molecule has 3 aromatic rings. The molecule has 6 N–H and O–H groups in total. The first kappa shape index (κ1) is 20.5. The predicted octanol–water partition coefficient (Wildman–Crippen LogP) is 2.11. The smallest absolute Gasteiger partial charge is 0.256 e. The number of pyridine rings is 1. The normalized spacial score (nSPS) is 13.8. The number of primary amides is 1. The Morgan fingerprint density at radius 2 is 2.03 bits per heavy atom. The average molecular weight is 423 g/mol. The van der Waals surface area contributed by atoms with E-state index in [9.17, 15) is 9.90 Å². The number of anilines is 4. The van der Waals surface area contributed by atoms with Crippen LogP contribution >= 0.6 is 0 Å². The highest BCUT2D eigenvalue weighted by molar-refractivity contribution is 6.03. The maximum absolute atomic E-state index is 12.1. The number of amides is 1. The number of aromatic amines is 1. The Hall–Kier alpha value is -3.79. The van der Waals surface area contributed by atoms with Gasteiger partial charge < -0.3 is 31.1 Å². The number of H-pyrrole nitrogens is 1. The number of carbonyl (C=O) groups excluding carboxylic acids is 1. The van der Waals surface area contributed by atoms with Crippen molar-refractivity contribution in [3.63, 3.8) is 0 Å². The van der Waals surface area contributed by atoms with Gasteiger partial charge >= 0.3 is 0 Å². The first-order valence-electron chi connectivity index (χ1n) is 9.97. The zero-order chi connectivity index (χ0) is 21.8. The lowest BCUT2D eigenvalue weighted by Crippen LogP contribution is -2.37. The predicted molar refractivity (Wildman–Crippen MR) is 118 cm³/mol. The van der Waals surface area contributed by atoms with Crippen LogP contribution in [0.25, 0.3) is 0 Å². The number of phenolic OH excluding ortho intramolecular Hbond substituents is 1. The van der Waals surface area contributed by atoms with E-state index in [4.69, 9.17) is 10.5 Å². The van der Waals surface area contributed by atoms with Gasteiger partial charge in [0.1, 0.15) is 22.9 Å². The molecule has 0 unspecified atom stereocenters. The number of rotatable bonds is 7. The number of hydrogen-bond donors (Lipinski definition) is 5. The van der Waals surface area contributed by atoms with Gasteiger partial charge in [-0.15, -0.1) is 0 Å². The minimum atomic E-state index is -0.612. The highest BCUT2D eigenvalue weighted by Crippen LogP contribution is 2.27. The number of aromatic hydroxyl groups is 1. The maximum Gasteiger partial charge on any atom is 0.256 e. The summed E-state index contributed by atoms with van der Waals surface area (Å²) in [6, 6.07) is 8.73. The molecule has 1 saturated heterocycles. The molecule has 31 heavy (non-hydrogen) atoms. The first-order chi connectivity index (χ1) is 15.0. The van der Waals surface area contributed by atoms with Crippen LogP contribution in [0.4, 0.5) is 23.1 Å². The molecule has 0 radical (unpaired) electrons. The van der Waals surface area contributed by atoms with Crippen molar-refractivity contribution in [3.8, 4) is 5.75 Å². The van der Waals surface area contributed by atoms with Gasteiger partial charge in [0.05, 0.1) is 25.1 Å². The van der Waals surface area contributed by atoms with Gasteiger partial charge in [0, 0.05) is 19.6 Å². The van der Waals surface area contributed by atoms with Crippen LogP contribution in [0.5, 0.6) is 5.75 Å². The van der Waals surface area contributed by atoms with Gasteiger partial charge in [0.15, 0.2) is 5.82 Å². The van der Waals surface area contributed by atoms with Crippen LogP contribution in [0.15, 0.2) is 36.5 Å². The molecule has 1 aromatic carbocycles. The summed E-state index contributed by atoms with van der Waals surface area (Å²) in [4.78, 5) is 18.9. The Kier molecular flexibility index (Phi) is 5.89. The van der Waals surface area contributed by atoms with Gasteiger partial charge in [-0.1, -0.05) is 12.1 Å². The van der Waals surface area contributed by atoms with Crippen LogP contribution in [0.1, 0.15) is 21.5 Å². The van der Waals surface area contributed by atoms with Gasteiger partial charge in [-0.3, -0.25) is 9.89 Å². The Labute approximate surface area is 179 Å². The number of nitrogens with zero attached hydrogens (tertiary/aromatic N) is 3. The third-order valence-corrected chi connectivity index (χ3v) is 5.04. The topological polar surface area (TPSA) is 141 Å². The van der Waals surface area contributed by atoms with E-state index in [0.717, 1.165) is 30.0 Å². The summed E-state index contributed by atoms with van der Waals surface area (Å²) in [7, 11) is 0. The third-order valence-electron chi connectivity index (χ3n) is 5.04. The van der Waals surface area contributed by atoms with E-state index in [0.29, 0.717) is 37.1 Å². The average Bonchev–Trinajstić information content (AvgIpc) is 3.17. The van der Waals surface area contributed by atoms with Crippen molar-refractivity contribution in [2.24, 2.45) is 5.73 Å². The number of aryl methyl sites for hydroxylation is 1. The second-order valence-corrected chi connectivity index (χ2v) is 7.30. The number of hydrogen-bond acceptors (Lipinski definition) is 8. The molecule has 2 aromatic heterocycles. The molecule has 162 valence electrons. The SMILES string of the molecule is Cc1cc(Nc2n[nH]c(NCc3ccc(O)cc3)c2C(N)=O)cnc1N1CCOCC1. The summed E-state index contributed by atoms with van der Waals surface area (Å²) in [6.07, 6.45) is 1.71. The summed E-state index contributed by atoms with van der Waals surface area (Å²) in [6.45, 7) is 5.42. The number of nitrogens with two attached hydrogens (primary N) is 1. The van der Waals surface area contributed by atoms with Gasteiger partial charge in [0.2, 0.25) is 0 Å². The van der Waals surface area contributed by atoms with Gasteiger partial charge in [0.25, 0.3) is 5.91 Å². The Morgan fingerprint density at radius 1 is 1.29 bits per heavy atom. The first-order valence-corrected chi connectivity index (χ1v) is 9.97. The molecule has 1 amide bonds. The lowest BCUT2D eigenvalue weighted by Gasteiger charge is -2.29. The molecular formula is C21H25N7O3. The Bertz CT molecular complexity index is 1060. The van der Waals surface area contributed by atoms with E-state index >= 15 is 0 Å². The maximum atomic E-state index is 12.1. The number of nitrogens with one attached hydrogen (secondary N) is 3. The van der Waals surface area contributed by atoms with Crippen molar-refractivity contribution in [3.05, 3.63) is 53.2 Å². The fourth-order valence-electron chi connectivity index (χ4n) is 3.48. The Morgan fingerprint density at radius 3 is 2.71 bits per heavy atom. The summed E-state index contributed by atoms with van der Waals surface area (Å²) in [5.41, 5.74) is 8.48. The highest BCUT2D eigenvalue weighted by Gasteiger charge is 2.20. The lowest BCUT2D eigenvalue weighted by atomic mass is 10.2. The van der Waals surface area contributed by atoms with Crippen molar-refractivity contribution in [2.45, 2.75) is 13.5 Å². The molecule has 0 spiro atoms. The van der Waals surface area contributed by atoms with E-state index in [1.807, 2.05) is 13.0 Å². The zero-order valence-corrected chi connectivity index (χ0v) is 17.2. The second-order valence-electron chi connectivity index (χ2n) is 7.30. The molecule has 1 fully saturated rings. The monoisotopic (exact) mass is 423 g/mol. The van der Waals surface area contributed by atoms with Crippen LogP contribution < -0.4 is 21.3 Å². The fraction of sp³-hybridized carbons (Fsp3) is 0.286. The minimum absolute atomic E-state index is 0.193. The van der Waals surface area contributed by atoms with Crippen molar-refractivity contribution < 1.29 is 14.6 Å². The highest BCUT2D eigenvalue weighted by atomic mass is 16.5. The summed E-state index contributed by atoms with van der Waals surface area (Å²) >= 11 is 0. The molecule has 10 heteroatoms. The van der Waals surface area contributed by atoms with E-state index in [-0.39, 0.29) is 11.3 Å². The molecule has 0 bridgehead atoms. The number of ether oxygens (including phenoxy) is 1. The van der Waals surface area contributed by atoms with Crippen molar-refractivity contribution in [1.29, 1.82) is 0 Å². The molecular weight excluding hydrogens is 398 g/mol. The van der Waals surface area contributed by atoms with Crippen molar-refractivity contribution >= 4 is 29.0 Å². The quantitative estimate of drug-likeness (QED) is 0.389. The van der Waals surface area contributed by atoms with Crippen LogP contribution in [-0.2, 0) is 11.3 Å². The van der Waals surface area contributed by atoms with Gasteiger partial charge in [-0.25, -0.2) is 4.98 Å². The van der Waals surface area contributed by atoms with Crippen LogP contribution in [0, 0.1) is 6.92 Å². The second kappa shape index (κ2) is 8.92. The number of morpholine rings is 1. The third kappa shape index (κ3) is 4.69. The molecule has 1 aliphatic heterocycles. The largest absolute Gasteiger partial charge is 0.508 e. The van der Waals surface area contributed by atoms with E-state index in [1.54, 1.807) is 30.5 Å². The minimum Gasteiger partial charge on any atom is -0.508 e. The van der Waals surface area contributed by atoms with Crippen molar-refractivity contribution in [2.75, 3.05) is 41.8 Å². The van der Waals surface area contributed by atoms with Crippen LogP contribution in [0.2, 0.25) is 0 Å². The molecule has 0 atom stereocenters. The summed E-state index contributed by atoms with van der Waals surface area (Å²) < 4.78 is 5.40. The van der Waals surface area contributed by atoms with E-state index in [2.05, 4.69) is 30.7 Å². The molecule has 1 aliphatic rings. The Balaban J connectivity index is 1.49. The molecule has 0 aliphatic carbocycles. The fourth-order valence-corrected chi connectivity index (χ4v) is 3.48. The van der Waals surface area contributed by atoms with Crippen LogP contribution in [0.3, 0.4) is 0 Å². The summed E-state index contributed by atoms with van der Waals surface area (Å²) in [5.74, 6) is 1.23. The molecule has 4 rings (SSSR count). The molecule has 0 saturated carbocycles. The summed E-state index contributed by atoms with van der Waals surface area (Å²) in [5, 5.41) is 22.7. The number of phenols is 1. The van der Waals surface area contributed by atoms with E-state index < -0.39 is 5.91 Å². The van der Waals surface area contributed by atoms with Gasteiger partial charge in [-0.05, 0) is 36.2 Å². The van der Waals surface area contributed by atoms with Crippen LogP contribution in [-0.4, -0.2) is 52.5 Å². The molecule has 10 nitrogen and oxygen atoms in total. The number of aromatic nitrogens is 3. The zero-order valence-electron chi connectivity index (χ0n) is 17.2. The van der Waals surface area contributed by atoms with Crippen molar-refractivity contribution in [1.82, 2.24) is 15.2 Å². The lowest BCUT2D eigenvalue weighted by molar-refractivity contribution is 0.100. The number of benzene rings is 1. The number of carbonyl (C=O) groups is 1. The standard InChI is InChI=1S/C21H25N7O3/c1-13-10-15(12-24-21(13)28-6-8-31-9-7-28)25-20-17(18(22)30)19(26-27-20)23-11-14-2-4-16(29)5-3-14/h2-5,10,12,29H,6-9,11H2,1H3,(H2,22,30)(H3,23,25,26,27). The molecule has 3 heterocycles. The van der Waals surface area contributed by atoms with E-state index in [1.165, 1.54) is 0 Å². The van der Waals surface area contributed by atoms with Gasteiger partial charge in [-0.2, -0.15) is 5.10 Å².